The molecule has 6 atom stereocenters. The fourth-order valence-corrected chi connectivity index (χ4v) is 6.99. The number of allylic oxidation sites excluding steroid dienone is 1. The van der Waals surface area contributed by atoms with Crippen molar-refractivity contribution in [2.24, 2.45) is 35.5 Å². The molecule has 2 aliphatic heterocycles. The minimum Gasteiger partial charge on any atom is -0.463 e. The lowest BCUT2D eigenvalue weighted by molar-refractivity contribution is -0.146. The SMILES string of the molecule is CCOC(=O)C1=CC2[C@H]3C(=O)N(c4ccc(Br)cc4)C(=O)[C@@H]3C1[C@@H]1C(=O)N(c3ccc(Br)cc3)C(=O)[C@@H]21. The van der Waals surface area contributed by atoms with Crippen molar-refractivity contribution in [1.29, 1.82) is 0 Å². The topological polar surface area (TPSA) is 101 Å². The summed E-state index contributed by atoms with van der Waals surface area (Å²) in [6, 6.07) is 13.5. The summed E-state index contributed by atoms with van der Waals surface area (Å²) >= 11 is 6.71. The molecule has 188 valence electrons. The second kappa shape index (κ2) is 8.73. The third-order valence-corrected chi connectivity index (χ3v) is 8.87. The van der Waals surface area contributed by atoms with Crippen LogP contribution in [0.2, 0.25) is 0 Å². The molecular weight excluding hydrogens is 608 g/mol. The predicted octanol–water partition coefficient (Wildman–Crippen LogP) is 3.87. The van der Waals surface area contributed by atoms with Crippen molar-refractivity contribution in [3.05, 3.63) is 69.1 Å². The van der Waals surface area contributed by atoms with Gasteiger partial charge in [-0.3, -0.25) is 29.0 Å². The van der Waals surface area contributed by atoms with Crippen LogP contribution in [0.3, 0.4) is 0 Å². The van der Waals surface area contributed by atoms with Crippen LogP contribution in [0.4, 0.5) is 11.4 Å². The summed E-state index contributed by atoms with van der Waals surface area (Å²) < 4.78 is 6.85. The lowest BCUT2D eigenvalue weighted by atomic mass is 9.52. The predicted molar refractivity (Wildman–Crippen MR) is 139 cm³/mol. The molecule has 0 aromatic heterocycles. The summed E-state index contributed by atoms with van der Waals surface area (Å²) in [5.41, 5.74) is 1.01. The smallest absolute Gasteiger partial charge is 0.334 e. The lowest BCUT2D eigenvalue weighted by Gasteiger charge is -2.46. The average molecular weight is 628 g/mol. The monoisotopic (exact) mass is 626 g/mol. The third-order valence-electron chi connectivity index (χ3n) is 7.81. The molecule has 0 N–H and O–H groups in total. The van der Waals surface area contributed by atoms with Gasteiger partial charge in [0, 0.05) is 26.4 Å². The van der Waals surface area contributed by atoms with E-state index in [1.165, 1.54) is 0 Å². The van der Waals surface area contributed by atoms with Crippen molar-refractivity contribution in [3.63, 3.8) is 0 Å². The molecule has 3 aliphatic carbocycles. The largest absolute Gasteiger partial charge is 0.463 e. The number of halogens is 2. The first-order chi connectivity index (χ1) is 17.7. The van der Waals surface area contributed by atoms with Gasteiger partial charge in [0.25, 0.3) is 0 Å². The number of imide groups is 2. The van der Waals surface area contributed by atoms with Gasteiger partial charge in [0.1, 0.15) is 0 Å². The highest BCUT2D eigenvalue weighted by Gasteiger charge is 2.71. The molecular formula is C27H20Br2N2O6. The first-order valence-corrected chi connectivity index (χ1v) is 13.5. The van der Waals surface area contributed by atoms with Gasteiger partial charge in [-0.15, -0.1) is 0 Å². The van der Waals surface area contributed by atoms with Crippen molar-refractivity contribution in [2.75, 3.05) is 16.4 Å². The lowest BCUT2D eigenvalue weighted by Crippen LogP contribution is -2.53. The maximum absolute atomic E-state index is 13.8. The zero-order valence-electron chi connectivity index (χ0n) is 19.5. The Morgan fingerprint density at radius 2 is 1.11 bits per heavy atom. The molecule has 5 aliphatic rings. The van der Waals surface area contributed by atoms with Crippen molar-refractivity contribution < 1.29 is 28.7 Å². The van der Waals surface area contributed by atoms with Crippen LogP contribution in [-0.4, -0.2) is 36.2 Å². The summed E-state index contributed by atoms with van der Waals surface area (Å²) in [6.45, 7) is 1.79. The summed E-state index contributed by atoms with van der Waals surface area (Å²) in [5, 5.41) is 0. The molecule has 2 unspecified atom stereocenters. The van der Waals surface area contributed by atoms with Gasteiger partial charge in [0.2, 0.25) is 23.6 Å². The standard InChI is InChI=1S/C27H20Br2N2O6/c1-2-37-27(36)17-11-16-19-21(25(34)30(23(19)32)14-7-3-12(28)4-8-14)18(17)22-20(16)24(33)31(26(22)35)15-9-5-13(29)6-10-15/h3-11,16,18-22H,2H2,1H3/t16?,18?,19-,20+,21-,22+. The Balaban J connectivity index is 1.46. The van der Waals surface area contributed by atoms with E-state index < -0.39 is 65.1 Å². The molecule has 0 radical (unpaired) electrons. The van der Waals surface area contributed by atoms with Gasteiger partial charge < -0.3 is 4.74 Å². The van der Waals surface area contributed by atoms with E-state index in [0.717, 1.165) is 18.7 Å². The van der Waals surface area contributed by atoms with Crippen molar-refractivity contribution in [2.45, 2.75) is 6.92 Å². The highest BCUT2D eigenvalue weighted by molar-refractivity contribution is 9.10. The molecule has 2 aromatic carbocycles. The van der Waals surface area contributed by atoms with E-state index in [0.29, 0.717) is 11.4 Å². The number of hydrogen-bond donors (Lipinski definition) is 0. The normalized spacial score (nSPS) is 30.0. The van der Waals surface area contributed by atoms with Crippen molar-refractivity contribution >= 4 is 72.8 Å². The number of carbonyl (C=O) groups excluding carboxylic acids is 5. The van der Waals surface area contributed by atoms with Crippen LogP contribution in [-0.2, 0) is 28.7 Å². The van der Waals surface area contributed by atoms with E-state index in [1.807, 2.05) is 0 Å². The fraction of sp³-hybridized carbons (Fsp3) is 0.296. The van der Waals surface area contributed by atoms with Gasteiger partial charge in [-0.25, -0.2) is 4.79 Å². The molecule has 10 heteroatoms. The van der Waals surface area contributed by atoms with Gasteiger partial charge in [0.15, 0.2) is 0 Å². The Morgan fingerprint density at radius 1 is 0.703 bits per heavy atom. The Kier molecular flexibility index (Phi) is 5.72. The van der Waals surface area contributed by atoms with E-state index in [4.69, 9.17) is 4.74 Å². The Labute approximate surface area is 228 Å². The average Bonchev–Trinajstić information content (AvgIpc) is 3.32. The maximum atomic E-state index is 13.8. The number of rotatable bonds is 4. The Hall–Kier alpha value is -3.11. The molecule has 2 saturated heterocycles. The highest BCUT2D eigenvalue weighted by atomic mass is 79.9. The molecule has 0 spiro atoms. The molecule has 2 heterocycles. The van der Waals surface area contributed by atoms with E-state index >= 15 is 0 Å². The fourth-order valence-electron chi connectivity index (χ4n) is 6.46. The number of hydrogen-bond acceptors (Lipinski definition) is 6. The Bertz CT molecular complexity index is 1310. The van der Waals surface area contributed by atoms with E-state index in [-0.39, 0.29) is 12.2 Å². The minimum absolute atomic E-state index is 0.117. The summed E-state index contributed by atoms with van der Waals surface area (Å²) in [6.07, 6.45) is 1.61. The number of nitrogens with zero attached hydrogens (tertiary/aromatic N) is 2. The van der Waals surface area contributed by atoms with Crippen LogP contribution in [0.15, 0.2) is 69.1 Å². The van der Waals surface area contributed by atoms with Crippen LogP contribution in [0.25, 0.3) is 0 Å². The van der Waals surface area contributed by atoms with Crippen LogP contribution < -0.4 is 9.80 Å². The summed E-state index contributed by atoms with van der Waals surface area (Å²) in [5.74, 6) is -7.70. The van der Waals surface area contributed by atoms with E-state index in [1.54, 1.807) is 61.5 Å². The number of esters is 1. The first-order valence-electron chi connectivity index (χ1n) is 11.9. The molecule has 2 bridgehead atoms. The van der Waals surface area contributed by atoms with E-state index in [2.05, 4.69) is 31.9 Å². The second-order valence-electron chi connectivity index (χ2n) is 9.53. The number of anilines is 2. The van der Waals surface area contributed by atoms with Gasteiger partial charge in [-0.1, -0.05) is 37.9 Å². The van der Waals surface area contributed by atoms with Crippen LogP contribution in [0, 0.1) is 35.5 Å². The first kappa shape index (κ1) is 24.2. The molecule has 3 fully saturated rings. The van der Waals surface area contributed by atoms with Gasteiger partial charge >= 0.3 is 5.97 Å². The second-order valence-corrected chi connectivity index (χ2v) is 11.4. The number of ether oxygens (including phenoxy) is 1. The summed E-state index contributed by atoms with van der Waals surface area (Å²) in [7, 11) is 0. The zero-order valence-corrected chi connectivity index (χ0v) is 22.6. The van der Waals surface area contributed by atoms with Crippen molar-refractivity contribution in [3.8, 4) is 0 Å². The molecule has 1 saturated carbocycles. The van der Waals surface area contributed by atoms with Gasteiger partial charge in [0.05, 0.1) is 41.7 Å². The third kappa shape index (κ3) is 3.41. The van der Waals surface area contributed by atoms with Gasteiger partial charge in [-0.05, 0) is 55.5 Å². The maximum Gasteiger partial charge on any atom is 0.334 e. The summed E-state index contributed by atoms with van der Waals surface area (Å²) in [4.78, 5) is 70.3. The minimum atomic E-state index is -0.937. The van der Waals surface area contributed by atoms with Crippen LogP contribution >= 0.6 is 31.9 Å². The zero-order chi connectivity index (χ0) is 26.2. The molecule has 4 amide bonds. The number of benzene rings is 2. The molecule has 8 nitrogen and oxygen atoms in total. The van der Waals surface area contributed by atoms with Crippen LogP contribution in [0.1, 0.15) is 6.92 Å². The molecule has 37 heavy (non-hydrogen) atoms. The number of amides is 4. The molecule has 7 rings (SSSR count). The van der Waals surface area contributed by atoms with E-state index in [9.17, 15) is 24.0 Å². The molecule has 2 aromatic rings. The Morgan fingerprint density at radius 3 is 1.51 bits per heavy atom. The quantitative estimate of drug-likeness (QED) is 0.377. The van der Waals surface area contributed by atoms with Crippen molar-refractivity contribution in [1.82, 2.24) is 0 Å². The number of carbonyl (C=O) groups is 5. The van der Waals surface area contributed by atoms with Crippen LogP contribution in [0.5, 0.6) is 0 Å². The highest BCUT2D eigenvalue weighted by Crippen LogP contribution is 2.61. The van der Waals surface area contributed by atoms with Gasteiger partial charge in [-0.2, -0.15) is 0 Å².